The highest BCUT2D eigenvalue weighted by atomic mass is 35.5. The van der Waals surface area contributed by atoms with E-state index in [9.17, 15) is 22.8 Å². The molecule has 0 radical (unpaired) electrons. The Morgan fingerprint density at radius 1 is 1.14 bits per heavy atom. The Labute approximate surface area is 251 Å². The maximum absolute atomic E-state index is 13.8. The molecule has 226 valence electrons. The lowest BCUT2D eigenvalue weighted by Gasteiger charge is -2.18. The number of aromatic carboxylic acids is 1. The summed E-state index contributed by atoms with van der Waals surface area (Å²) in [6.45, 7) is 4.94. The molecule has 1 aromatic heterocycles. The van der Waals surface area contributed by atoms with Gasteiger partial charge in [0, 0.05) is 31.1 Å². The lowest BCUT2D eigenvalue weighted by Crippen LogP contribution is -2.27. The topological polar surface area (TPSA) is 109 Å². The smallest absolute Gasteiger partial charge is 0.436 e. The predicted molar refractivity (Wildman–Crippen MR) is 158 cm³/mol. The van der Waals surface area contributed by atoms with Crippen LogP contribution in [0.5, 0.6) is 5.75 Å². The Bertz CT molecular complexity index is 1620. The summed E-state index contributed by atoms with van der Waals surface area (Å²) in [5, 5.41) is 12.1. The number of allylic oxidation sites excluding steroid dienone is 4. The van der Waals surface area contributed by atoms with Gasteiger partial charge in [0.1, 0.15) is 18.1 Å². The number of aromatic nitrogens is 2. The van der Waals surface area contributed by atoms with Gasteiger partial charge in [-0.1, -0.05) is 23.7 Å². The molecule has 0 bridgehead atoms. The number of amides is 1. The molecule has 1 amide bonds. The maximum Gasteiger partial charge on any atom is 0.436 e. The second-order valence-electron chi connectivity index (χ2n) is 9.17. The molecule has 0 spiro atoms. The zero-order chi connectivity index (χ0) is 31.9. The Balaban J connectivity index is 1.94. The largest absolute Gasteiger partial charge is 0.487 e. The molecular formula is C30H29ClF3N5O4. The fourth-order valence-electron chi connectivity index (χ4n) is 3.81. The van der Waals surface area contributed by atoms with Crippen LogP contribution in [0, 0.1) is 0 Å². The summed E-state index contributed by atoms with van der Waals surface area (Å²) in [5.74, 6) is -1.38. The number of carbonyl (C=O) groups is 2. The minimum absolute atomic E-state index is 0.0150. The Morgan fingerprint density at radius 3 is 2.40 bits per heavy atom. The number of rotatable bonds is 10. The van der Waals surface area contributed by atoms with Crippen LogP contribution in [-0.2, 0) is 12.8 Å². The summed E-state index contributed by atoms with van der Waals surface area (Å²) in [6, 6.07) is 11.2. The second-order valence-corrected chi connectivity index (χ2v) is 9.55. The van der Waals surface area contributed by atoms with Gasteiger partial charge in [-0.25, -0.2) is 9.48 Å². The highest BCUT2D eigenvalue weighted by Gasteiger charge is 2.39. The number of alkyl halides is 3. The molecule has 0 atom stereocenters. The fraction of sp³-hybridized carbons (Fsp3) is 0.233. The van der Waals surface area contributed by atoms with Crippen LogP contribution in [0.3, 0.4) is 0 Å². The number of hydrogen-bond donors (Lipinski definition) is 1. The molecular weight excluding hydrogens is 587 g/mol. The van der Waals surface area contributed by atoms with Crippen molar-refractivity contribution in [3.8, 4) is 11.4 Å². The quantitative estimate of drug-likeness (QED) is 0.251. The normalized spacial score (nSPS) is 13.0. The van der Waals surface area contributed by atoms with E-state index in [1.807, 2.05) is 6.92 Å². The molecule has 0 saturated carbocycles. The molecule has 1 N–H and O–H groups in total. The number of aliphatic imine (C=N–C) groups is 2. The van der Waals surface area contributed by atoms with Crippen LogP contribution < -0.4 is 4.74 Å². The minimum Gasteiger partial charge on any atom is -0.487 e. The van der Waals surface area contributed by atoms with Gasteiger partial charge in [-0.05, 0) is 69.3 Å². The molecule has 1 heterocycles. The van der Waals surface area contributed by atoms with E-state index in [2.05, 4.69) is 15.1 Å². The number of halogens is 4. The van der Waals surface area contributed by atoms with Gasteiger partial charge in [0.2, 0.25) is 0 Å². The monoisotopic (exact) mass is 615 g/mol. The van der Waals surface area contributed by atoms with Gasteiger partial charge in [-0.2, -0.15) is 18.3 Å². The molecule has 2 aromatic carbocycles. The summed E-state index contributed by atoms with van der Waals surface area (Å²) < 4.78 is 47.9. The van der Waals surface area contributed by atoms with E-state index in [1.54, 1.807) is 40.1 Å². The van der Waals surface area contributed by atoms with Crippen molar-refractivity contribution in [1.29, 1.82) is 0 Å². The molecule has 13 heteroatoms. The standard InChI is InChI=1S/C30H29ClF3N5O4/c1-6-22(16-36-19(3)14-18(2)35-4)38(5)28(40)21-8-7-9-23(15-21)39-25(26(31)27(37-39)30(32,33)34)17-43-24-12-10-20(11-13-24)29(41)42/h6-16H,17H2,1-5H3,(H,41,42)/b19-14+,22-6+,35-18-,36-16-. The molecule has 0 fully saturated rings. The minimum atomic E-state index is -4.86. The Hall–Kier alpha value is -4.71. The first kappa shape index (κ1) is 32.8. The van der Waals surface area contributed by atoms with E-state index in [4.69, 9.17) is 21.4 Å². The van der Waals surface area contributed by atoms with E-state index >= 15 is 0 Å². The van der Waals surface area contributed by atoms with Crippen molar-refractivity contribution in [2.24, 2.45) is 9.98 Å². The van der Waals surface area contributed by atoms with Gasteiger partial charge < -0.3 is 14.7 Å². The van der Waals surface area contributed by atoms with Crippen LogP contribution in [0.1, 0.15) is 52.9 Å². The number of carboxylic acids is 1. The fourth-order valence-corrected chi connectivity index (χ4v) is 4.09. The number of ether oxygens (including phenoxy) is 1. The molecule has 3 aromatic rings. The molecule has 0 aliphatic carbocycles. The average Bonchev–Trinajstić information content (AvgIpc) is 3.32. The van der Waals surface area contributed by atoms with Crippen LogP contribution in [0.25, 0.3) is 5.69 Å². The Morgan fingerprint density at radius 2 is 1.81 bits per heavy atom. The average molecular weight is 616 g/mol. The Kier molecular flexibility index (Phi) is 10.7. The highest BCUT2D eigenvalue weighted by Crippen LogP contribution is 2.37. The van der Waals surface area contributed by atoms with Gasteiger partial charge in [-0.3, -0.25) is 14.8 Å². The summed E-state index contributed by atoms with van der Waals surface area (Å²) >= 11 is 6.14. The van der Waals surface area contributed by atoms with Crippen molar-refractivity contribution >= 4 is 35.4 Å². The van der Waals surface area contributed by atoms with Crippen molar-refractivity contribution in [3.05, 3.63) is 99.6 Å². The molecule has 9 nitrogen and oxygen atoms in total. The molecule has 0 saturated heterocycles. The van der Waals surface area contributed by atoms with Gasteiger partial charge in [-0.15, -0.1) is 0 Å². The van der Waals surface area contributed by atoms with E-state index in [-0.39, 0.29) is 28.3 Å². The first-order chi connectivity index (χ1) is 20.3. The number of carbonyl (C=O) groups excluding carboxylic acids is 1. The molecule has 0 aliphatic rings. The maximum atomic E-state index is 13.8. The summed E-state index contributed by atoms with van der Waals surface area (Å²) in [7, 11) is 3.22. The van der Waals surface area contributed by atoms with E-state index in [1.165, 1.54) is 59.6 Å². The molecule has 3 rings (SSSR count). The number of nitrogens with zero attached hydrogens (tertiary/aromatic N) is 5. The lowest BCUT2D eigenvalue weighted by atomic mass is 10.1. The van der Waals surface area contributed by atoms with Gasteiger partial charge in [0.25, 0.3) is 5.91 Å². The third kappa shape index (κ3) is 8.19. The first-order valence-corrected chi connectivity index (χ1v) is 13.2. The number of benzene rings is 2. The van der Waals surface area contributed by atoms with Crippen LogP contribution >= 0.6 is 11.6 Å². The van der Waals surface area contributed by atoms with Gasteiger partial charge in [0.05, 0.1) is 28.2 Å². The summed E-state index contributed by atoms with van der Waals surface area (Å²) in [4.78, 5) is 34.3. The van der Waals surface area contributed by atoms with E-state index < -0.39 is 35.4 Å². The van der Waals surface area contributed by atoms with E-state index in [0.29, 0.717) is 11.4 Å². The van der Waals surface area contributed by atoms with Crippen LogP contribution in [0.4, 0.5) is 13.2 Å². The zero-order valence-electron chi connectivity index (χ0n) is 24.0. The third-order valence-electron chi connectivity index (χ3n) is 6.16. The first-order valence-electron chi connectivity index (χ1n) is 12.8. The lowest BCUT2D eigenvalue weighted by molar-refractivity contribution is -0.141. The molecule has 43 heavy (non-hydrogen) atoms. The highest BCUT2D eigenvalue weighted by molar-refractivity contribution is 6.32. The number of hydrogen-bond acceptors (Lipinski definition) is 6. The summed E-state index contributed by atoms with van der Waals surface area (Å²) in [6.07, 6.45) is 0.145. The third-order valence-corrected chi connectivity index (χ3v) is 6.56. The van der Waals surface area contributed by atoms with E-state index in [0.717, 1.165) is 10.4 Å². The predicted octanol–water partition coefficient (Wildman–Crippen LogP) is 6.86. The van der Waals surface area contributed by atoms with Crippen molar-refractivity contribution in [2.75, 3.05) is 14.1 Å². The van der Waals surface area contributed by atoms with Crippen LogP contribution in [-0.4, -0.2) is 57.7 Å². The summed E-state index contributed by atoms with van der Waals surface area (Å²) in [5.41, 5.74) is 0.830. The molecule has 0 unspecified atom stereocenters. The van der Waals surface area contributed by atoms with Crippen molar-refractivity contribution in [1.82, 2.24) is 14.7 Å². The molecule has 0 aliphatic heterocycles. The SMILES string of the molecule is C\C=C(/C=N\C(C)=C\C(C)=N/C)N(C)C(=O)c1cccc(-n2nc(C(F)(F)F)c(Cl)c2COc2ccc(C(=O)O)cc2)c1. The second kappa shape index (κ2) is 14.0. The number of carboxylic acid groups (broad SMARTS) is 1. The zero-order valence-corrected chi connectivity index (χ0v) is 24.7. The van der Waals surface area contributed by atoms with Crippen molar-refractivity contribution in [3.63, 3.8) is 0 Å². The van der Waals surface area contributed by atoms with Gasteiger partial charge in [0.15, 0.2) is 5.69 Å². The van der Waals surface area contributed by atoms with Crippen molar-refractivity contribution < 1.29 is 32.6 Å². The van der Waals surface area contributed by atoms with Crippen LogP contribution in [0.15, 0.2) is 82.1 Å². The van der Waals surface area contributed by atoms with Gasteiger partial charge >= 0.3 is 12.1 Å². The van der Waals surface area contributed by atoms with Crippen LogP contribution in [0.2, 0.25) is 5.02 Å². The van der Waals surface area contributed by atoms with Crippen molar-refractivity contribution in [2.45, 2.75) is 33.6 Å².